The van der Waals surface area contributed by atoms with Crippen LogP contribution in [0.2, 0.25) is 0 Å². The van der Waals surface area contributed by atoms with Gasteiger partial charge in [0.15, 0.2) is 6.23 Å². The van der Waals surface area contributed by atoms with Crippen LogP contribution in [-0.2, 0) is 4.79 Å². The minimum Gasteiger partial charge on any atom is -0.369 e. The first-order chi connectivity index (χ1) is 8.80. The molecule has 1 N–H and O–H groups in total. The maximum Gasteiger partial charge on any atom is 0.256 e. The topological polar surface area (TPSA) is 40.5 Å². The molecule has 3 heteroatoms. The number of nitrogens with zero attached hydrogens (tertiary/aromatic N) is 1. The van der Waals surface area contributed by atoms with Gasteiger partial charge in [0.2, 0.25) is 0 Å². The van der Waals surface area contributed by atoms with Crippen LogP contribution in [0.1, 0.15) is 55.4 Å². The molecule has 1 aliphatic rings. The minimum atomic E-state index is -0.839. The molecule has 1 saturated heterocycles. The molecule has 0 bridgehead atoms. The molecule has 0 saturated carbocycles. The summed E-state index contributed by atoms with van der Waals surface area (Å²) in [4.78, 5) is 13.9. The van der Waals surface area contributed by atoms with E-state index in [9.17, 15) is 9.90 Å². The zero-order valence-corrected chi connectivity index (χ0v) is 14.4. The predicted octanol–water partition coefficient (Wildman–Crippen LogP) is 3.50. The van der Waals surface area contributed by atoms with Gasteiger partial charge in [0, 0.05) is 18.2 Å². The molecule has 0 radical (unpaired) electrons. The zero-order chi connectivity index (χ0) is 16.0. The molecule has 1 atom stereocenters. The van der Waals surface area contributed by atoms with E-state index in [1.54, 1.807) is 7.05 Å². The lowest BCUT2D eigenvalue weighted by Crippen LogP contribution is -2.29. The first-order valence-electron chi connectivity index (χ1n) is 7.18. The Labute approximate surface area is 123 Å². The quantitative estimate of drug-likeness (QED) is 0.689. The van der Waals surface area contributed by atoms with Gasteiger partial charge in [-0.3, -0.25) is 4.79 Å². The summed E-state index contributed by atoms with van der Waals surface area (Å²) in [6.07, 6.45) is -0.839. The van der Waals surface area contributed by atoms with Crippen LogP contribution < -0.4 is 0 Å². The fourth-order valence-electron chi connectivity index (χ4n) is 2.25. The van der Waals surface area contributed by atoms with E-state index in [-0.39, 0.29) is 16.7 Å². The molecule has 0 spiro atoms. The van der Waals surface area contributed by atoms with Gasteiger partial charge in [0.25, 0.3) is 5.91 Å². The molecule has 1 unspecified atom stereocenters. The van der Waals surface area contributed by atoms with Crippen molar-refractivity contribution in [2.75, 3.05) is 7.05 Å². The molecule has 114 valence electrons. The Bertz CT molecular complexity index is 484. The van der Waals surface area contributed by atoms with Crippen molar-refractivity contribution in [1.82, 2.24) is 4.90 Å². The van der Waals surface area contributed by atoms with Crippen molar-refractivity contribution < 1.29 is 9.90 Å². The van der Waals surface area contributed by atoms with Gasteiger partial charge in [-0.15, -0.1) is 0 Å². The number of rotatable bonds is 0. The Balaban J connectivity index is 3.68. The summed E-state index contributed by atoms with van der Waals surface area (Å²) >= 11 is 0. The monoisotopic (exact) mass is 279 g/mol. The summed E-state index contributed by atoms with van der Waals surface area (Å²) in [6, 6.07) is 0. The van der Waals surface area contributed by atoms with E-state index in [1.165, 1.54) is 4.90 Å². The molecule has 0 aliphatic carbocycles. The van der Waals surface area contributed by atoms with Crippen LogP contribution in [0.4, 0.5) is 0 Å². The average molecular weight is 279 g/mol. The Morgan fingerprint density at radius 1 is 1.00 bits per heavy atom. The van der Waals surface area contributed by atoms with Gasteiger partial charge in [-0.05, 0) is 24.7 Å². The van der Waals surface area contributed by atoms with Gasteiger partial charge in [-0.25, -0.2) is 0 Å². The third-order valence-electron chi connectivity index (χ3n) is 4.46. The van der Waals surface area contributed by atoms with Crippen LogP contribution in [0.15, 0.2) is 22.3 Å². The van der Waals surface area contributed by atoms with E-state index in [0.717, 1.165) is 16.7 Å². The molecule has 0 aromatic rings. The van der Waals surface area contributed by atoms with E-state index >= 15 is 0 Å². The van der Waals surface area contributed by atoms with Crippen molar-refractivity contribution in [2.24, 2.45) is 10.8 Å². The number of likely N-dealkylation sites (tertiary alicyclic amines) is 1. The maximum absolute atomic E-state index is 12.5. The van der Waals surface area contributed by atoms with Crippen molar-refractivity contribution >= 4 is 5.91 Å². The summed E-state index contributed by atoms with van der Waals surface area (Å²) in [5.74, 6) is -0.0801. The Kier molecular flexibility index (Phi) is 4.27. The number of amides is 1. The van der Waals surface area contributed by atoms with Crippen LogP contribution in [0.5, 0.6) is 0 Å². The van der Waals surface area contributed by atoms with Crippen LogP contribution in [0.3, 0.4) is 0 Å². The number of allylic oxidation sites excluding steroid dienone is 2. The van der Waals surface area contributed by atoms with Gasteiger partial charge in [0.05, 0.1) is 0 Å². The number of carbonyl (C=O) groups excluding carboxylic acids is 1. The summed E-state index contributed by atoms with van der Waals surface area (Å²) in [5, 5.41) is 10.5. The molecular weight excluding hydrogens is 250 g/mol. The van der Waals surface area contributed by atoms with Crippen molar-refractivity contribution in [1.29, 1.82) is 0 Å². The van der Waals surface area contributed by atoms with Crippen LogP contribution in [-0.4, -0.2) is 29.2 Å². The number of aliphatic hydroxyl groups excluding tert-OH is 1. The van der Waals surface area contributed by atoms with Gasteiger partial charge >= 0.3 is 0 Å². The van der Waals surface area contributed by atoms with Crippen molar-refractivity contribution in [2.45, 2.75) is 61.6 Å². The first-order valence-corrected chi connectivity index (χ1v) is 7.18. The minimum absolute atomic E-state index is 0.0782. The molecule has 0 aromatic heterocycles. The van der Waals surface area contributed by atoms with Crippen molar-refractivity contribution in [3.63, 3.8) is 0 Å². The summed E-state index contributed by atoms with van der Waals surface area (Å²) in [7, 11) is 1.66. The third kappa shape index (κ3) is 2.83. The predicted molar refractivity (Wildman–Crippen MR) is 83.1 cm³/mol. The lowest BCUT2D eigenvalue weighted by atomic mass is 9.78. The molecule has 1 rings (SSSR count). The molecule has 1 aliphatic heterocycles. The molecule has 0 aromatic carbocycles. The third-order valence-corrected chi connectivity index (χ3v) is 4.46. The molecule has 20 heavy (non-hydrogen) atoms. The summed E-state index contributed by atoms with van der Waals surface area (Å²) < 4.78 is 0. The summed E-state index contributed by atoms with van der Waals surface area (Å²) in [6.45, 7) is 16.6. The Morgan fingerprint density at radius 3 is 1.75 bits per heavy atom. The van der Waals surface area contributed by atoms with Crippen molar-refractivity contribution in [3.05, 3.63) is 22.3 Å². The molecule has 3 nitrogen and oxygen atoms in total. The highest BCUT2D eigenvalue weighted by Crippen LogP contribution is 2.41. The summed E-state index contributed by atoms with van der Waals surface area (Å²) in [5.41, 5.74) is 3.41. The van der Waals surface area contributed by atoms with E-state index in [0.29, 0.717) is 5.57 Å². The van der Waals surface area contributed by atoms with E-state index in [4.69, 9.17) is 0 Å². The number of likely N-dealkylation sites (N-methyl/N-ethyl adjacent to an activating group) is 1. The van der Waals surface area contributed by atoms with Crippen molar-refractivity contribution in [3.8, 4) is 0 Å². The van der Waals surface area contributed by atoms with Crippen LogP contribution in [0.25, 0.3) is 0 Å². The highest BCUT2D eigenvalue weighted by Gasteiger charge is 2.41. The highest BCUT2D eigenvalue weighted by atomic mass is 16.3. The lowest BCUT2D eigenvalue weighted by molar-refractivity contribution is -0.128. The van der Waals surface area contributed by atoms with Gasteiger partial charge in [-0.1, -0.05) is 52.7 Å². The standard InChI is InChI=1S/C17H29NO2/c1-10(16(3,4)5)12-13(11(2)17(6,7)8)15(20)18(9)14(12)19/h14,19H,1-9H3/b12-10-,13-11-. The largest absolute Gasteiger partial charge is 0.369 e. The van der Waals surface area contributed by atoms with E-state index < -0.39 is 6.23 Å². The number of carbonyl (C=O) groups is 1. The van der Waals surface area contributed by atoms with Crippen LogP contribution >= 0.6 is 0 Å². The first kappa shape index (κ1) is 17.0. The smallest absolute Gasteiger partial charge is 0.256 e. The Hall–Kier alpha value is -1.09. The Morgan fingerprint density at radius 2 is 1.40 bits per heavy atom. The van der Waals surface area contributed by atoms with Gasteiger partial charge in [-0.2, -0.15) is 0 Å². The fraction of sp³-hybridized carbons (Fsp3) is 0.706. The normalized spacial score (nSPS) is 26.2. The molecule has 1 fully saturated rings. The molecule has 1 heterocycles. The second kappa shape index (κ2) is 5.03. The number of hydrogen-bond donors (Lipinski definition) is 1. The van der Waals surface area contributed by atoms with Crippen LogP contribution in [0, 0.1) is 10.8 Å². The van der Waals surface area contributed by atoms with Gasteiger partial charge < -0.3 is 10.0 Å². The zero-order valence-electron chi connectivity index (χ0n) is 14.4. The molecular formula is C17H29NO2. The average Bonchev–Trinajstić information content (AvgIpc) is 2.49. The second-order valence-electron chi connectivity index (χ2n) is 7.83. The van der Waals surface area contributed by atoms with Gasteiger partial charge in [0.1, 0.15) is 0 Å². The second-order valence-corrected chi connectivity index (χ2v) is 7.83. The number of hydrogen-bond acceptors (Lipinski definition) is 2. The fourth-order valence-corrected chi connectivity index (χ4v) is 2.25. The maximum atomic E-state index is 12.5. The van der Waals surface area contributed by atoms with E-state index in [1.807, 2.05) is 13.8 Å². The lowest BCUT2D eigenvalue weighted by Gasteiger charge is -2.26. The molecule has 1 amide bonds. The SMILES string of the molecule is C/C(=C1/C(=O)N(C)C(O)/C1=C(/C)C(C)(C)C)C(C)(C)C. The highest BCUT2D eigenvalue weighted by molar-refractivity contribution is 6.02. The van der Waals surface area contributed by atoms with E-state index in [2.05, 4.69) is 41.5 Å². The number of aliphatic hydroxyl groups is 1.